The van der Waals surface area contributed by atoms with Crippen molar-refractivity contribution in [1.29, 1.82) is 0 Å². The molecule has 21 heavy (non-hydrogen) atoms. The van der Waals surface area contributed by atoms with E-state index in [0.717, 1.165) is 0 Å². The molecule has 0 saturated heterocycles. The van der Waals surface area contributed by atoms with E-state index in [1.165, 1.54) is 27.8 Å². The topological polar surface area (TPSA) is 0 Å². The van der Waals surface area contributed by atoms with Crippen LogP contribution in [0, 0.1) is 0 Å². The van der Waals surface area contributed by atoms with E-state index in [2.05, 4.69) is 92.7 Å². The van der Waals surface area contributed by atoms with Crippen LogP contribution in [0.2, 0.25) is 0 Å². The quantitative estimate of drug-likeness (QED) is 0.537. The minimum Gasteiger partial charge on any atom is -0.0622 e. The summed E-state index contributed by atoms with van der Waals surface area (Å²) in [6.45, 7) is 4.54. The molecule has 0 aliphatic rings. The summed E-state index contributed by atoms with van der Waals surface area (Å²) in [5, 5.41) is 0. The van der Waals surface area contributed by atoms with Gasteiger partial charge in [-0.05, 0) is 33.7 Å². The zero-order valence-electron chi connectivity index (χ0n) is 12.6. The molecule has 0 unspecified atom stereocenters. The Bertz CT molecular complexity index is 652. The average molecular weight is 272 g/mol. The van der Waals surface area contributed by atoms with Gasteiger partial charge in [0.25, 0.3) is 0 Å². The molecule has 0 heteroatoms. The summed E-state index contributed by atoms with van der Waals surface area (Å²) in [6, 6.07) is 28.0. The normalized spacial score (nSPS) is 10.8. The Balaban J connectivity index is 2.24. The van der Waals surface area contributed by atoms with Crippen LogP contribution < -0.4 is 0 Å². The number of benzene rings is 3. The van der Waals surface area contributed by atoms with Crippen molar-refractivity contribution in [1.82, 2.24) is 0 Å². The first-order valence-electron chi connectivity index (χ1n) is 7.51. The molecule has 3 aromatic rings. The van der Waals surface area contributed by atoms with Gasteiger partial charge in [0.2, 0.25) is 0 Å². The second kappa shape index (κ2) is 5.97. The third-order valence-electron chi connectivity index (χ3n) is 3.85. The Morgan fingerprint density at radius 1 is 0.524 bits per heavy atom. The van der Waals surface area contributed by atoms with E-state index in [9.17, 15) is 0 Å². The number of rotatable bonds is 3. The largest absolute Gasteiger partial charge is 0.0622 e. The fourth-order valence-electron chi connectivity index (χ4n) is 2.93. The van der Waals surface area contributed by atoms with Crippen molar-refractivity contribution >= 4 is 0 Å². The predicted octanol–water partition coefficient (Wildman–Crippen LogP) is 6.14. The van der Waals surface area contributed by atoms with Crippen LogP contribution in [-0.4, -0.2) is 0 Å². The van der Waals surface area contributed by atoms with Gasteiger partial charge in [-0.2, -0.15) is 0 Å². The zero-order chi connectivity index (χ0) is 14.7. The van der Waals surface area contributed by atoms with Gasteiger partial charge >= 0.3 is 0 Å². The monoisotopic (exact) mass is 272 g/mol. The molecule has 0 bridgehead atoms. The maximum atomic E-state index is 2.27. The fraction of sp³-hybridized carbons (Fsp3) is 0.143. The Hall–Kier alpha value is -2.34. The molecule has 104 valence electrons. The molecule has 0 radical (unpaired) electrons. The van der Waals surface area contributed by atoms with Crippen LogP contribution in [0.4, 0.5) is 0 Å². The van der Waals surface area contributed by atoms with E-state index in [4.69, 9.17) is 0 Å². The molecule has 0 amide bonds. The molecule has 0 aliphatic heterocycles. The Labute approximate surface area is 127 Å². The van der Waals surface area contributed by atoms with Crippen molar-refractivity contribution < 1.29 is 0 Å². The Morgan fingerprint density at radius 3 is 1.33 bits per heavy atom. The Kier molecular flexibility index (Phi) is 3.87. The lowest BCUT2D eigenvalue weighted by atomic mass is 9.86. The number of hydrogen-bond acceptors (Lipinski definition) is 0. The third kappa shape index (κ3) is 2.75. The molecule has 0 atom stereocenters. The van der Waals surface area contributed by atoms with Crippen LogP contribution in [0.1, 0.15) is 25.3 Å². The first kappa shape index (κ1) is 13.6. The molecule has 0 aliphatic carbocycles. The van der Waals surface area contributed by atoms with Crippen molar-refractivity contribution in [3.63, 3.8) is 0 Å². The molecule has 3 rings (SSSR count). The van der Waals surface area contributed by atoms with Gasteiger partial charge in [0.1, 0.15) is 0 Å². The van der Waals surface area contributed by atoms with Gasteiger partial charge < -0.3 is 0 Å². The van der Waals surface area contributed by atoms with Gasteiger partial charge in [0, 0.05) is 0 Å². The maximum Gasteiger partial charge on any atom is -0.0143 e. The highest BCUT2D eigenvalue weighted by atomic mass is 14.2. The summed E-state index contributed by atoms with van der Waals surface area (Å²) in [5.41, 5.74) is 6.69. The number of hydrogen-bond donors (Lipinski definition) is 0. The molecule has 0 saturated carbocycles. The van der Waals surface area contributed by atoms with E-state index < -0.39 is 0 Å². The van der Waals surface area contributed by atoms with Crippen LogP contribution in [0.15, 0.2) is 78.9 Å². The molecule has 0 nitrogen and oxygen atoms in total. The van der Waals surface area contributed by atoms with Gasteiger partial charge in [-0.25, -0.2) is 0 Å². The highest BCUT2D eigenvalue weighted by molar-refractivity contribution is 5.79. The van der Waals surface area contributed by atoms with E-state index >= 15 is 0 Å². The first-order chi connectivity index (χ1) is 10.3. The van der Waals surface area contributed by atoms with Gasteiger partial charge in [-0.3, -0.25) is 0 Å². The molecule has 0 N–H and O–H groups in total. The molecule has 0 aromatic heterocycles. The minimum atomic E-state index is 0.483. The average Bonchev–Trinajstić information content (AvgIpc) is 2.55. The lowest BCUT2D eigenvalue weighted by Gasteiger charge is -2.18. The van der Waals surface area contributed by atoms with Crippen molar-refractivity contribution in [3.05, 3.63) is 84.4 Å². The maximum absolute atomic E-state index is 2.27. The molecule has 0 heterocycles. The van der Waals surface area contributed by atoms with Gasteiger partial charge in [-0.15, -0.1) is 0 Å². The molecule has 0 fully saturated rings. The summed E-state index contributed by atoms with van der Waals surface area (Å²) in [5.74, 6) is 0.483. The van der Waals surface area contributed by atoms with Gasteiger partial charge in [0.05, 0.1) is 0 Å². The molecule has 3 aromatic carbocycles. The van der Waals surface area contributed by atoms with Gasteiger partial charge in [0.15, 0.2) is 0 Å². The highest BCUT2D eigenvalue weighted by Gasteiger charge is 2.14. The van der Waals surface area contributed by atoms with Crippen molar-refractivity contribution in [2.45, 2.75) is 19.8 Å². The van der Waals surface area contributed by atoms with E-state index in [0.29, 0.717) is 5.92 Å². The standard InChI is InChI=1S/C21H20/c1-16(2)21-19(17-10-5-3-6-11-17)14-9-15-20(21)18-12-7-4-8-13-18/h3-16H,1-2H3. The van der Waals surface area contributed by atoms with Crippen LogP contribution in [0.5, 0.6) is 0 Å². The summed E-state index contributed by atoms with van der Waals surface area (Å²) in [6.07, 6.45) is 0. The summed E-state index contributed by atoms with van der Waals surface area (Å²) in [4.78, 5) is 0. The van der Waals surface area contributed by atoms with Crippen molar-refractivity contribution in [2.75, 3.05) is 0 Å². The second-order valence-corrected chi connectivity index (χ2v) is 5.65. The summed E-state index contributed by atoms with van der Waals surface area (Å²) in [7, 11) is 0. The SMILES string of the molecule is CC(C)c1c(-c2ccccc2)cccc1-c1ccccc1. The smallest absolute Gasteiger partial charge is 0.0143 e. The van der Waals surface area contributed by atoms with Crippen LogP contribution >= 0.6 is 0 Å². The van der Waals surface area contributed by atoms with E-state index in [1.807, 2.05) is 0 Å². The highest BCUT2D eigenvalue weighted by Crippen LogP contribution is 2.36. The van der Waals surface area contributed by atoms with Crippen molar-refractivity contribution in [3.8, 4) is 22.3 Å². The van der Waals surface area contributed by atoms with E-state index in [1.54, 1.807) is 0 Å². The van der Waals surface area contributed by atoms with Gasteiger partial charge in [-0.1, -0.05) is 92.7 Å². The molecular formula is C21H20. The van der Waals surface area contributed by atoms with Crippen LogP contribution in [0.25, 0.3) is 22.3 Å². The Morgan fingerprint density at radius 2 is 0.952 bits per heavy atom. The summed E-state index contributed by atoms with van der Waals surface area (Å²) < 4.78 is 0. The lowest BCUT2D eigenvalue weighted by molar-refractivity contribution is 0.871. The molecular weight excluding hydrogens is 252 g/mol. The van der Waals surface area contributed by atoms with Crippen LogP contribution in [-0.2, 0) is 0 Å². The summed E-state index contributed by atoms with van der Waals surface area (Å²) >= 11 is 0. The zero-order valence-corrected chi connectivity index (χ0v) is 12.6. The fourth-order valence-corrected chi connectivity index (χ4v) is 2.93. The predicted molar refractivity (Wildman–Crippen MR) is 91.4 cm³/mol. The van der Waals surface area contributed by atoms with E-state index in [-0.39, 0.29) is 0 Å². The third-order valence-corrected chi connectivity index (χ3v) is 3.85. The lowest BCUT2D eigenvalue weighted by Crippen LogP contribution is -1.96. The van der Waals surface area contributed by atoms with Crippen molar-refractivity contribution in [2.24, 2.45) is 0 Å². The first-order valence-corrected chi connectivity index (χ1v) is 7.51. The minimum absolute atomic E-state index is 0.483. The van der Waals surface area contributed by atoms with Crippen LogP contribution in [0.3, 0.4) is 0 Å². The molecule has 0 spiro atoms. The second-order valence-electron chi connectivity index (χ2n) is 5.65.